The Labute approximate surface area is 74.3 Å². The van der Waals surface area contributed by atoms with E-state index in [4.69, 9.17) is 10.2 Å². The molecule has 13 heavy (non-hydrogen) atoms. The number of aromatic hydroxyl groups is 1. The first-order chi connectivity index (χ1) is 6.16. The van der Waals surface area contributed by atoms with Crippen molar-refractivity contribution in [1.29, 1.82) is 0 Å². The standard InChI is InChI=1S/C8H9NO4/c10-4-9-6-3-1-2-5(7(6)11)8(12)13/h1-3,9-11H,4H2,(H,12,13). The Hall–Kier alpha value is -1.75. The molecule has 0 atom stereocenters. The molecule has 0 radical (unpaired) electrons. The normalized spacial score (nSPS) is 9.62. The van der Waals surface area contributed by atoms with Crippen molar-refractivity contribution < 1.29 is 20.1 Å². The van der Waals surface area contributed by atoms with Crippen LogP contribution in [0, 0.1) is 0 Å². The van der Waals surface area contributed by atoms with E-state index >= 15 is 0 Å². The van der Waals surface area contributed by atoms with Gasteiger partial charge in [0.05, 0.1) is 5.69 Å². The molecular weight excluding hydrogens is 174 g/mol. The lowest BCUT2D eigenvalue weighted by molar-refractivity contribution is 0.0694. The molecule has 0 unspecified atom stereocenters. The summed E-state index contributed by atoms with van der Waals surface area (Å²) in [6.07, 6.45) is 0. The average Bonchev–Trinajstić information content (AvgIpc) is 2.08. The average molecular weight is 183 g/mol. The summed E-state index contributed by atoms with van der Waals surface area (Å²) in [5.41, 5.74) is 0.000787. The molecule has 0 heterocycles. The highest BCUT2D eigenvalue weighted by Crippen LogP contribution is 2.26. The third kappa shape index (κ3) is 1.88. The molecule has 1 aromatic carbocycles. The van der Waals surface area contributed by atoms with Gasteiger partial charge in [0.1, 0.15) is 12.3 Å². The van der Waals surface area contributed by atoms with Crippen LogP contribution in [0.25, 0.3) is 0 Å². The molecule has 0 bridgehead atoms. The van der Waals surface area contributed by atoms with Gasteiger partial charge in [-0.05, 0) is 12.1 Å². The molecule has 5 nitrogen and oxygen atoms in total. The number of nitrogens with one attached hydrogen (secondary N) is 1. The summed E-state index contributed by atoms with van der Waals surface area (Å²) in [7, 11) is 0. The smallest absolute Gasteiger partial charge is 0.339 e. The molecule has 5 heteroatoms. The van der Waals surface area contributed by atoms with Crippen LogP contribution in [0.1, 0.15) is 10.4 Å². The predicted molar refractivity (Wildman–Crippen MR) is 45.8 cm³/mol. The van der Waals surface area contributed by atoms with Crippen molar-refractivity contribution in [1.82, 2.24) is 0 Å². The van der Waals surface area contributed by atoms with Crippen molar-refractivity contribution in [2.24, 2.45) is 0 Å². The van der Waals surface area contributed by atoms with E-state index in [1.807, 2.05) is 0 Å². The van der Waals surface area contributed by atoms with Crippen LogP contribution in [0.5, 0.6) is 5.75 Å². The van der Waals surface area contributed by atoms with Gasteiger partial charge in [-0.15, -0.1) is 0 Å². The minimum absolute atomic E-state index is 0.196. The Balaban J connectivity index is 3.10. The van der Waals surface area contributed by atoms with E-state index in [-0.39, 0.29) is 23.7 Å². The number of rotatable bonds is 3. The summed E-state index contributed by atoms with van der Waals surface area (Å²) < 4.78 is 0. The monoisotopic (exact) mass is 183 g/mol. The van der Waals surface area contributed by atoms with E-state index < -0.39 is 5.97 Å². The van der Waals surface area contributed by atoms with E-state index in [2.05, 4.69) is 5.32 Å². The lowest BCUT2D eigenvalue weighted by atomic mass is 10.2. The first kappa shape index (κ1) is 9.34. The molecule has 1 rings (SSSR count). The lowest BCUT2D eigenvalue weighted by Gasteiger charge is -2.06. The second-order valence-corrected chi connectivity index (χ2v) is 2.34. The van der Waals surface area contributed by atoms with Crippen LogP contribution in [0.4, 0.5) is 5.69 Å². The van der Waals surface area contributed by atoms with Gasteiger partial charge in [0.15, 0.2) is 5.75 Å². The Morgan fingerprint density at radius 3 is 2.69 bits per heavy atom. The van der Waals surface area contributed by atoms with Crippen molar-refractivity contribution in [3.8, 4) is 5.75 Å². The first-order valence-corrected chi connectivity index (χ1v) is 3.57. The van der Waals surface area contributed by atoms with Crippen LogP contribution in [-0.2, 0) is 0 Å². The van der Waals surface area contributed by atoms with Crippen LogP contribution in [-0.4, -0.2) is 28.0 Å². The van der Waals surface area contributed by atoms with Gasteiger partial charge in [-0.3, -0.25) is 0 Å². The molecule has 0 aliphatic carbocycles. The summed E-state index contributed by atoms with van der Waals surface area (Å²) in [4.78, 5) is 10.5. The van der Waals surface area contributed by atoms with E-state index in [1.54, 1.807) is 0 Å². The number of hydrogen-bond donors (Lipinski definition) is 4. The zero-order valence-corrected chi connectivity index (χ0v) is 6.69. The lowest BCUT2D eigenvalue weighted by Crippen LogP contribution is -2.03. The summed E-state index contributed by atoms with van der Waals surface area (Å²) in [6.45, 7) is -0.364. The third-order valence-corrected chi connectivity index (χ3v) is 1.54. The molecule has 0 spiro atoms. The van der Waals surface area contributed by atoms with Gasteiger partial charge in [-0.25, -0.2) is 4.79 Å². The maximum atomic E-state index is 10.5. The number of para-hydroxylation sites is 1. The van der Waals surface area contributed by atoms with Gasteiger partial charge in [0.25, 0.3) is 0 Å². The van der Waals surface area contributed by atoms with E-state index in [0.717, 1.165) is 0 Å². The van der Waals surface area contributed by atoms with Gasteiger partial charge in [0.2, 0.25) is 0 Å². The SMILES string of the molecule is O=C(O)c1cccc(NCO)c1O. The van der Waals surface area contributed by atoms with Crippen molar-refractivity contribution in [2.45, 2.75) is 0 Å². The minimum Gasteiger partial charge on any atom is -0.505 e. The number of carboxylic acids is 1. The van der Waals surface area contributed by atoms with E-state index in [0.29, 0.717) is 0 Å². The summed E-state index contributed by atoms with van der Waals surface area (Å²) >= 11 is 0. The van der Waals surface area contributed by atoms with Crippen LogP contribution in [0.15, 0.2) is 18.2 Å². The number of anilines is 1. The number of aliphatic hydroxyl groups excluding tert-OH is 1. The largest absolute Gasteiger partial charge is 0.505 e. The topological polar surface area (TPSA) is 89.8 Å². The maximum absolute atomic E-state index is 10.5. The zero-order chi connectivity index (χ0) is 9.84. The fraction of sp³-hybridized carbons (Fsp3) is 0.125. The molecule has 1 aromatic rings. The van der Waals surface area contributed by atoms with Crippen molar-refractivity contribution in [3.63, 3.8) is 0 Å². The predicted octanol–water partition coefficient (Wildman–Crippen LogP) is 0.452. The van der Waals surface area contributed by atoms with E-state index in [1.165, 1.54) is 18.2 Å². The summed E-state index contributed by atoms with van der Waals surface area (Å²) in [6, 6.07) is 4.22. The molecule has 70 valence electrons. The number of benzene rings is 1. The van der Waals surface area contributed by atoms with Gasteiger partial charge in [-0.1, -0.05) is 6.07 Å². The quantitative estimate of drug-likeness (QED) is 0.403. The molecule has 4 N–H and O–H groups in total. The molecule has 0 amide bonds. The highest BCUT2D eigenvalue weighted by atomic mass is 16.4. The number of hydrogen-bond acceptors (Lipinski definition) is 4. The van der Waals surface area contributed by atoms with E-state index in [9.17, 15) is 9.90 Å². The molecule has 0 saturated heterocycles. The number of carboxylic acid groups (broad SMARTS) is 1. The van der Waals surface area contributed by atoms with Gasteiger partial charge < -0.3 is 20.6 Å². The van der Waals surface area contributed by atoms with Crippen LogP contribution in [0.2, 0.25) is 0 Å². The Bertz CT molecular complexity index is 324. The molecular formula is C8H9NO4. The third-order valence-electron chi connectivity index (χ3n) is 1.54. The Morgan fingerprint density at radius 2 is 2.15 bits per heavy atom. The summed E-state index contributed by atoms with van der Waals surface area (Å²) in [5.74, 6) is -1.58. The Morgan fingerprint density at radius 1 is 1.46 bits per heavy atom. The number of aromatic carboxylic acids is 1. The maximum Gasteiger partial charge on any atom is 0.339 e. The molecule has 0 saturated carbocycles. The van der Waals surface area contributed by atoms with Gasteiger partial charge >= 0.3 is 5.97 Å². The van der Waals surface area contributed by atoms with Gasteiger partial charge in [-0.2, -0.15) is 0 Å². The van der Waals surface area contributed by atoms with Crippen molar-refractivity contribution in [2.75, 3.05) is 12.0 Å². The second kappa shape index (κ2) is 3.77. The first-order valence-electron chi connectivity index (χ1n) is 3.57. The highest BCUT2D eigenvalue weighted by Gasteiger charge is 2.11. The second-order valence-electron chi connectivity index (χ2n) is 2.34. The molecule has 0 aromatic heterocycles. The molecule has 0 fully saturated rings. The zero-order valence-electron chi connectivity index (χ0n) is 6.69. The Kier molecular flexibility index (Phi) is 2.71. The minimum atomic E-state index is -1.21. The molecule has 0 aliphatic rings. The number of aliphatic hydroxyl groups is 1. The highest BCUT2D eigenvalue weighted by molar-refractivity contribution is 5.93. The van der Waals surface area contributed by atoms with Crippen molar-refractivity contribution >= 4 is 11.7 Å². The van der Waals surface area contributed by atoms with Crippen LogP contribution < -0.4 is 5.32 Å². The fourth-order valence-electron chi connectivity index (χ4n) is 0.944. The van der Waals surface area contributed by atoms with Gasteiger partial charge in [0, 0.05) is 0 Å². The molecule has 0 aliphatic heterocycles. The summed E-state index contributed by atoms with van der Waals surface area (Å²) in [5, 5.41) is 28.9. The van der Waals surface area contributed by atoms with Crippen LogP contribution in [0.3, 0.4) is 0 Å². The fourth-order valence-corrected chi connectivity index (χ4v) is 0.944. The number of carbonyl (C=O) groups is 1. The number of phenols is 1. The van der Waals surface area contributed by atoms with Crippen LogP contribution >= 0.6 is 0 Å². The van der Waals surface area contributed by atoms with Crippen molar-refractivity contribution in [3.05, 3.63) is 23.8 Å².